The Hall–Kier alpha value is -0.160. The van der Waals surface area contributed by atoms with Gasteiger partial charge >= 0.3 is 0 Å². The van der Waals surface area contributed by atoms with Crippen molar-refractivity contribution in [2.45, 2.75) is 38.0 Å². The molecule has 0 aromatic heterocycles. The number of hydrogen-bond donors (Lipinski definition) is 2. The molecule has 0 aromatic carbocycles. The van der Waals surface area contributed by atoms with Crippen molar-refractivity contribution >= 4 is 0 Å². The molecule has 0 bridgehead atoms. The first-order valence-electron chi connectivity index (χ1n) is 6.08. The van der Waals surface area contributed by atoms with E-state index in [4.69, 9.17) is 10.5 Å². The van der Waals surface area contributed by atoms with Crippen molar-refractivity contribution < 1.29 is 4.74 Å². The van der Waals surface area contributed by atoms with E-state index in [2.05, 4.69) is 17.1 Å². The first-order chi connectivity index (χ1) is 7.24. The normalized spacial score (nSPS) is 39.2. The first kappa shape index (κ1) is 11.3. The average molecular weight is 213 g/mol. The van der Waals surface area contributed by atoms with Crippen molar-refractivity contribution in [1.82, 2.24) is 10.2 Å². The molecule has 2 fully saturated rings. The Balaban J connectivity index is 1.75. The largest absolute Gasteiger partial charge is 0.371 e. The smallest absolute Gasteiger partial charge is 0.0830 e. The molecular formula is C11H23N3O. The molecule has 0 aromatic rings. The van der Waals surface area contributed by atoms with Gasteiger partial charge in [-0.1, -0.05) is 0 Å². The van der Waals surface area contributed by atoms with Crippen LogP contribution in [0.1, 0.15) is 19.8 Å². The predicted octanol–water partition coefficient (Wildman–Crippen LogP) is -0.214. The van der Waals surface area contributed by atoms with E-state index in [9.17, 15) is 0 Å². The van der Waals surface area contributed by atoms with Gasteiger partial charge in [0.15, 0.2) is 0 Å². The van der Waals surface area contributed by atoms with Gasteiger partial charge in [0.1, 0.15) is 0 Å². The summed E-state index contributed by atoms with van der Waals surface area (Å²) in [4.78, 5) is 2.44. The lowest BCUT2D eigenvalue weighted by Gasteiger charge is -2.36. The maximum absolute atomic E-state index is 5.96. The first-order valence-corrected chi connectivity index (χ1v) is 6.08. The Morgan fingerprint density at radius 2 is 2.33 bits per heavy atom. The van der Waals surface area contributed by atoms with E-state index in [0.717, 1.165) is 26.2 Å². The van der Waals surface area contributed by atoms with Crippen LogP contribution in [0.2, 0.25) is 0 Å². The number of ether oxygens (including phenoxy) is 1. The Labute approximate surface area is 92.1 Å². The Morgan fingerprint density at radius 1 is 1.47 bits per heavy atom. The van der Waals surface area contributed by atoms with E-state index < -0.39 is 0 Å². The summed E-state index contributed by atoms with van der Waals surface area (Å²) in [7, 11) is 0. The van der Waals surface area contributed by atoms with Crippen molar-refractivity contribution in [2.24, 2.45) is 5.73 Å². The molecule has 0 amide bonds. The number of nitrogens with two attached hydrogens (primary N) is 1. The Kier molecular flexibility index (Phi) is 3.97. The van der Waals surface area contributed by atoms with Crippen LogP contribution in [-0.2, 0) is 4.74 Å². The van der Waals surface area contributed by atoms with Crippen molar-refractivity contribution in [2.75, 3.05) is 32.7 Å². The van der Waals surface area contributed by atoms with Gasteiger partial charge in [-0.15, -0.1) is 0 Å². The van der Waals surface area contributed by atoms with Gasteiger partial charge in [0, 0.05) is 32.2 Å². The molecule has 88 valence electrons. The summed E-state index contributed by atoms with van der Waals surface area (Å²) in [5.41, 5.74) is 5.96. The molecule has 2 aliphatic rings. The lowest BCUT2D eigenvalue weighted by Crippen LogP contribution is -2.51. The van der Waals surface area contributed by atoms with Crippen LogP contribution in [0, 0.1) is 0 Å². The van der Waals surface area contributed by atoms with Gasteiger partial charge in [-0.05, 0) is 26.3 Å². The zero-order valence-electron chi connectivity index (χ0n) is 9.61. The zero-order valence-corrected chi connectivity index (χ0v) is 9.61. The highest BCUT2D eigenvalue weighted by atomic mass is 16.5. The minimum Gasteiger partial charge on any atom is -0.371 e. The predicted molar refractivity (Wildman–Crippen MR) is 60.9 cm³/mol. The minimum atomic E-state index is 0.346. The molecule has 2 rings (SSSR count). The van der Waals surface area contributed by atoms with E-state index in [1.54, 1.807) is 0 Å². The van der Waals surface area contributed by atoms with Gasteiger partial charge in [0.05, 0.1) is 12.2 Å². The quantitative estimate of drug-likeness (QED) is 0.666. The second-order valence-corrected chi connectivity index (χ2v) is 4.89. The number of hydrogen-bond acceptors (Lipinski definition) is 4. The lowest BCUT2D eigenvalue weighted by molar-refractivity contribution is -0.0450. The van der Waals surface area contributed by atoms with Crippen LogP contribution >= 0.6 is 0 Å². The van der Waals surface area contributed by atoms with Gasteiger partial charge in [0.25, 0.3) is 0 Å². The fraction of sp³-hybridized carbons (Fsp3) is 1.00. The highest BCUT2D eigenvalue weighted by molar-refractivity contribution is 4.80. The van der Waals surface area contributed by atoms with E-state index in [1.165, 1.54) is 19.4 Å². The van der Waals surface area contributed by atoms with Crippen LogP contribution in [0.5, 0.6) is 0 Å². The standard InChI is InChI=1S/C11H23N3O/c1-9-5-13-6-11(15-9)8-14-4-2-3-10(12)7-14/h9-11,13H,2-8,12H2,1H3/t9-,10-,11+/m1/s1. The maximum Gasteiger partial charge on any atom is 0.0830 e. The molecular weight excluding hydrogens is 190 g/mol. The monoisotopic (exact) mass is 213 g/mol. The number of nitrogens with zero attached hydrogens (tertiary/aromatic N) is 1. The van der Waals surface area contributed by atoms with E-state index in [0.29, 0.717) is 18.2 Å². The summed E-state index contributed by atoms with van der Waals surface area (Å²) in [6.45, 7) is 7.34. The summed E-state index contributed by atoms with van der Waals surface area (Å²) in [5.74, 6) is 0. The highest BCUT2D eigenvalue weighted by Gasteiger charge is 2.23. The van der Waals surface area contributed by atoms with Crippen molar-refractivity contribution in [1.29, 1.82) is 0 Å². The number of morpholine rings is 1. The molecule has 0 aliphatic carbocycles. The van der Waals surface area contributed by atoms with Crippen LogP contribution in [-0.4, -0.2) is 55.9 Å². The number of piperidine rings is 1. The van der Waals surface area contributed by atoms with Gasteiger partial charge in [-0.25, -0.2) is 0 Å². The SMILES string of the molecule is C[C@@H]1CNC[C@@H](CN2CCC[C@@H](N)C2)O1. The molecule has 4 heteroatoms. The molecule has 2 heterocycles. The Bertz CT molecular complexity index is 180. The second-order valence-electron chi connectivity index (χ2n) is 4.89. The maximum atomic E-state index is 5.96. The highest BCUT2D eigenvalue weighted by Crippen LogP contribution is 2.11. The average Bonchev–Trinajstić information content (AvgIpc) is 2.17. The molecule has 3 N–H and O–H groups in total. The van der Waals surface area contributed by atoms with Crippen molar-refractivity contribution in [3.63, 3.8) is 0 Å². The number of likely N-dealkylation sites (tertiary alicyclic amines) is 1. The molecule has 0 spiro atoms. The van der Waals surface area contributed by atoms with Crippen molar-refractivity contribution in [3.8, 4) is 0 Å². The summed E-state index contributed by atoms with van der Waals surface area (Å²) in [6, 6.07) is 0.368. The summed E-state index contributed by atoms with van der Waals surface area (Å²) < 4.78 is 5.88. The summed E-state index contributed by atoms with van der Waals surface area (Å²) >= 11 is 0. The van der Waals surface area contributed by atoms with Crippen molar-refractivity contribution in [3.05, 3.63) is 0 Å². The zero-order chi connectivity index (χ0) is 10.7. The summed E-state index contributed by atoms with van der Waals surface area (Å²) in [6.07, 6.45) is 3.11. The fourth-order valence-corrected chi connectivity index (χ4v) is 2.53. The third-order valence-corrected chi connectivity index (χ3v) is 3.23. The van der Waals surface area contributed by atoms with Crippen LogP contribution in [0.15, 0.2) is 0 Å². The van der Waals surface area contributed by atoms with Crippen LogP contribution in [0.3, 0.4) is 0 Å². The topological polar surface area (TPSA) is 50.5 Å². The molecule has 0 saturated carbocycles. The molecule has 0 unspecified atom stereocenters. The second kappa shape index (κ2) is 5.25. The molecule has 2 aliphatic heterocycles. The fourth-order valence-electron chi connectivity index (χ4n) is 2.53. The van der Waals surface area contributed by atoms with Gasteiger partial charge in [-0.3, -0.25) is 4.90 Å². The third-order valence-electron chi connectivity index (χ3n) is 3.23. The van der Waals surface area contributed by atoms with Crippen LogP contribution in [0.25, 0.3) is 0 Å². The number of nitrogens with one attached hydrogen (secondary N) is 1. The molecule has 2 saturated heterocycles. The molecule has 15 heavy (non-hydrogen) atoms. The van der Waals surface area contributed by atoms with Gasteiger partial charge in [-0.2, -0.15) is 0 Å². The van der Waals surface area contributed by atoms with E-state index in [1.807, 2.05) is 0 Å². The van der Waals surface area contributed by atoms with Gasteiger partial charge < -0.3 is 15.8 Å². The van der Waals surface area contributed by atoms with Crippen LogP contribution in [0.4, 0.5) is 0 Å². The number of rotatable bonds is 2. The van der Waals surface area contributed by atoms with Gasteiger partial charge in [0.2, 0.25) is 0 Å². The molecule has 0 radical (unpaired) electrons. The van der Waals surface area contributed by atoms with E-state index in [-0.39, 0.29) is 0 Å². The Morgan fingerprint density at radius 3 is 3.07 bits per heavy atom. The lowest BCUT2D eigenvalue weighted by atomic mass is 10.1. The molecule has 4 nitrogen and oxygen atoms in total. The molecule has 3 atom stereocenters. The van der Waals surface area contributed by atoms with Crippen LogP contribution < -0.4 is 11.1 Å². The minimum absolute atomic E-state index is 0.346. The van der Waals surface area contributed by atoms with E-state index >= 15 is 0 Å². The summed E-state index contributed by atoms with van der Waals surface area (Å²) in [5, 5.41) is 3.40. The third kappa shape index (κ3) is 3.41.